The van der Waals surface area contributed by atoms with E-state index >= 15 is 0 Å². The monoisotopic (exact) mass is 856 g/mol. The molecule has 0 radical (unpaired) electrons. The van der Waals surface area contributed by atoms with Gasteiger partial charge in [0.1, 0.15) is 6.10 Å². The van der Waals surface area contributed by atoms with Crippen molar-refractivity contribution in [3.63, 3.8) is 0 Å². The molecule has 0 fully saturated rings. The average Bonchev–Trinajstić information content (AvgIpc) is 3.25. The van der Waals surface area contributed by atoms with E-state index in [-0.39, 0.29) is 24.9 Å². The number of carbonyl (C=O) groups is 2. The molecule has 61 heavy (non-hydrogen) atoms. The van der Waals surface area contributed by atoms with Gasteiger partial charge in [0, 0.05) is 6.42 Å². The number of rotatable bonds is 47. The molecular weight excluding hydrogens is 755 g/mol. The number of carbonyl (C=O) groups excluding carboxylic acids is 2. The van der Waals surface area contributed by atoms with Gasteiger partial charge in [0.25, 0.3) is 0 Å². The first kappa shape index (κ1) is 58.8. The van der Waals surface area contributed by atoms with E-state index < -0.39 is 18.2 Å². The molecule has 0 bridgehead atoms. The normalized spacial score (nSPS) is 13.6. The highest BCUT2D eigenvalue weighted by atomic mass is 16.5. The molecule has 0 saturated heterocycles. The minimum absolute atomic E-state index is 0.0489. The second kappa shape index (κ2) is 48.8. The molecule has 0 rings (SSSR count). The summed E-state index contributed by atoms with van der Waals surface area (Å²) in [6.45, 7) is 6.36. The average molecular weight is 856 g/mol. The Labute approximate surface area is 378 Å². The highest BCUT2D eigenvalue weighted by Gasteiger charge is 2.24. The molecule has 0 aromatic rings. The van der Waals surface area contributed by atoms with E-state index in [2.05, 4.69) is 74.7 Å². The number of esters is 1. The highest BCUT2D eigenvalue weighted by Crippen LogP contribution is 2.17. The number of aliphatic hydroxyl groups is 2. The van der Waals surface area contributed by atoms with Crippen LogP contribution in [0.25, 0.3) is 0 Å². The Kier molecular flexibility index (Phi) is 47.1. The van der Waals surface area contributed by atoms with Crippen LogP contribution in [0.4, 0.5) is 0 Å². The number of aliphatic hydroxyl groups excluding tert-OH is 2. The quantitative estimate of drug-likeness (QED) is 0.0322. The summed E-state index contributed by atoms with van der Waals surface area (Å²) in [4.78, 5) is 26.1. The van der Waals surface area contributed by atoms with E-state index in [1.54, 1.807) is 0 Å². The molecule has 0 heterocycles. The van der Waals surface area contributed by atoms with Crippen LogP contribution in [-0.4, -0.2) is 46.9 Å². The van der Waals surface area contributed by atoms with Gasteiger partial charge < -0.3 is 20.3 Å². The SMILES string of the molecule is CC/C=C/C/C=C/C/C=C/CCCCC(CC(=O)NC(CO)C(O)CCCCCCCCCCCCCC)OC(=O)CCCCCCC/C=C/CCCCCCCCCCC. The maximum absolute atomic E-state index is 13.2. The van der Waals surface area contributed by atoms with Gasteiger partial charge in [0.15, 0.2) is 0 Å². The zero-order chi connectivity index (χ0) is 44.5. The van der Waals surface area contributed by atoms with Crippen molar-refractivity contribution in [2.24, 2.45) is 0 Å². The van der Waals surface area contributed by atoms with Crippen LogP contribution in [0.2, 0.25) is 0 Å². The number of hydrogen-bond acceptors (Lipinski definition) is 5. The largest absolute Gasteiger partial charge is 0.462 e. The lowest BCUT2D eigenvalue weighted by atomic mass is 10.0. The van der Waals surface area contributed by atoms with E-state index in [1.165, 1.54) is 135 Å². The lowest BCUT2D eigenvalue weighted by Crippen LogP contribution is -2.46. The van der Waals surface area contributed by atoms with Crippen molar-refractivity contribution in [1.82, 2.24) is 5.32 Å². The number of hydrogen-bond donors (Lipinski definition) is 3. The predicted octanol–water partition coefficient (Wildman–Crippen LogP) is 15.8. The molecule has 0 saturated carbocycles. The fourth-order valence-corrected chi connectivity index (χ4v) is 7.91. The van der Waals surface area contributed by atoms with Gasteiger partial charge in [-0.05, 0) is 83.5 Å². The molecule has 3 N–H and O–H groups in total. The third-order valence-corrected chi connectivity index (χ3v) is 11.9. The summed E-state index contributed by atoms with van der Waals surface area (Å²) < 4.78 is 5.91. The van der Waals surface area contributed by atoms with Gasteiger partial charge in [-0.1, -0.05) is 217 Å². The van der Waals surface area contributed by atoms with Crippen LogP contribution in [0, 0.1) is 0 Å². The number of amides is 1. The first-order chi connectivity index (χ1) is 30.0. The van der Waals surface area contributed by atoms with Crippen LogP contribution in [0.3, 0.4) is 0 Å². The molecule has 0 aliphatic heterocycles. The second-order valence-corrected chi connectivity index (χ2v) is 17.9. The summed E-state index contributed by atoms with van der Waals surface area (Å²) in [5, 5.41) is 23.7. The third kappa shape index (κ3) is 44.2. The molecule has 0 aliphatic carbocycles. The van der Waals surface area contributed by atoms with Gasteiger partial charge in [-0.3, -0.25) is 9.59 Å². The third-order valence-electron chi connectivity index (χ3n) is 11.9. The van der Waals surface area contributed by atoms with Crippen molar-refractivity contribution in [1.29, 1.82) is 0 Å². The van der Waals surface area contributed by atoms with Crippen molar-refractivity contribution in [2.75, 3.05) is 6.61 Å². The van der Waals surface area contributed by atoms with E-state index in [0.29, 0.717) is 19.3 Å². The second-order valence-electron chi connectivity index (χ2n) is 17.9. The topological polar surface area (TPSA) is 95.9 Å². The molecule has 0 spiro atoms. The van der Waals surface area contributed by atoms with E-state index in [0.717, 1.165) is 83.5 Å². The Hall–Kier alpha value is -2.18. The molecule has 3 unspecified atom stereocenters. The van der Waals surface area contributed by atoms with Crippen LogP contribution < -0.4 is 5.32 Å². The van der Waals surface area contributed by atoms with Crippen molar-refractivity contribution < 1.29 is 24.5 Å². The van der Waals surface area contributed by atoms with Gasteiger partial charge in [-0.15, -0.1) is 0 Å². The lowest BCUT2D eigenvalue weighted by Gasteiger charge is -2.24. The Morgan fingerprint density at radius 3 is 1.38 bits per heavy atom. The van der Waals surface area contributed by atoms with E-state index in [9.17, 15) is 19.8 Å². The zero-order valence-electron chi connectivity index (χ0n) is 40.5. The summed E-state index contributed by atoms with van der Waals surface area (Å²) in [7, 11) is 0. The predicted molar refractivity (Wildman–Crippen MR) is 264 cm³/mol. The highest BCUT2D eigenvalue weighted by molar-refractivity contribution is 5.77. The molecule has 1 amide bonds. The Balaban J connectivity index is 4.56. The fraction of sp³-hybridized carbons (Fsp3) is 0.818. The van der Waals surface area contributed by atoms with Crippen molar-refractivity contribution in [3.05, 3.63) is 48.6 Å². The molecule has 356 valence electrons. The van der Waals surface area contributed by atoms with Gasteiger partial charge in [0.2, 0.25) is 5.91 Å². The smallest absolute Gasteiger partial charge is 0.306 e. The van der Waals surface area contributed by atoms with E-state index in [1.807, 2.05) is 0 Å². The van der Waals surface area contributed by atoms with Crippen LogP contribution >= 0.6 is 0 Å². The summed E-state index contributed by atoms with van der Waals surface area (Å²) in [6, 6.07) is -0.714. The Bertz CT molecular complexity index is 1050. The molecule has 0 aromatic carbocycles. The fourth-order valence-electron chi connectivity index (χ4n) is 7.91. The summed E-state index contributed by atoms with van der Waals surface area (Å²) >= 11 is 0. The van der Waals surface area contributed by atoms with Crippen LogP contribution in [0.15, 0.2) is 48.6 Å². The van der Waals surface area contributed by atoms with Crippen molar-refractivity contribution >= 4 is 11.9 Å². The molecular formula is C55H101NO5. The standard InChI is InChI=1S/C55H101NO5/c1-4-7-10-13-16-19-22-25-26-27-28-29-30-33-36-39-42-45-48-55(60)61-51(46-43-40-37-34-31-23-20-17-14-11-8-5-2)49-54(59)56-52(50-57)53(58)47-44-41-38-35-32-24-21-18-15-12-9-6-3/h8,11,17,20,28-29,31,34,51-53,57-58H,4-7,9-10,12-16,18-19,21-27,30,32-33,35-50H2,1-3H3,(H,56,59)/b11-8+,20-17+,29-28+,34-31+. The number of ether oxygens (including phenoxy) is 1. The summed E-state index contributed by atoms with van der Waals surface area (Å²) in [6.07, 6.45) is 58.9. The van der Waals surface area contributed by atoms with Gasteiger partial charge in [-0.2, -0.15) is 0 Å². The molecule has 6 heteroatoms. The van der Waals surface area contributed by atoms with E-state index in [4.69, 9.17) is 4.74 Å². The van der Waals surface area contributed by atoms with Crippen LogP contribution in [-0.2, 0) is 14.3 Å². The van der Waals surface area contributed by atoms with Crippen molar-refractivity contribution in [3.8, 4) is 0 Å². The van der Waals surface area contributed by atoms with Gasteiger partial charge >= 0.3 is 5.97 Å². The van der Waals surface area contributed by atoms with Crippen LogP contribution in [0.5, 0.6) is 0 Å². The molecule has 3 atom stereocenters. The summed E-state index contributed by atoms with van der Waals surface area (Å²) in [5.41, 5.74) is 0. The molecule has 6 nitrogen and oxygen atoms in total. The maximum Gasteiger partial charge on any atom is 0.306 e. The van der Waals surface area contributed by atoms with Gasteiger partial charge in [0.05, 0.1) is 25.2 Å². The first-order valence-electron chi connectivity index (χ1n) is 26.4. The number of unbranched alkanes of at least 4 members (excludes halogenated alkanes) is 27. The Morgan fingerprint density at radius 2 is 0.885 bits per heavy atom. The number of nitrogens with one attached hydrogen (secondary N) is 1. The Morgan fingerprint density at radius 1 is 0.492 bits per heavy atom. The van der Waals surface area contributed by atoms with Crippen LogP contribution in [0.1, 0.15) is 265 Å². The number of allylic oxidation sites excluding steroid dienone is 8. The minimum atomic E-state index is -0.798. The molecule has 0 aromatic heterocycles. The molecule has 0 aliphatic rings. The lowest BCUT2D eigenvalue weighted by molar-refractivity contribution is -0.151. The zero-order valence-corrected chi connectivity index (χ0v) is 40.5. The maximum atomic E-state index is 13.2. The van der Waals surface area contributed by atoms with Gasteiger partial charge in [-0.25, -0.2) is 0 Å². The van der Waals surface area contributed by atoms with Crippen molar-refractivity contribution in [2.45, 2.75) is 283 Å². The minimum Gasteiger partial charge on any atom is -0.462 e. The first-order valence-corrected chi connectivity index (χ1v) is 26.4. The summed E-state index contributed by atoms with van der Waals surface area (Å²) in [5.74, 6) is -0.517.